The fraction of sp³-hybridized carbons (Fsp3) is 0.136. The number of nitrogens with two attached hydrogens (primary N) is 1. The highest BCUT2D eigenvalue weighted by atomic mass is 35.5. The summed E-state index contributed by atoms with van der Waals surface area (Å²) in [4.78, 5) is 12.6. The van der Waals surface area contributed by atoms with E-state index in [0.717, 1.165) is 4.31 Å². The maximum Gasteiger partial charge on any atom is 0.243 e. The Hall–Kier alpha value is -2.18. The molecule has 186 valence electrons. The van der Waals surface area contributed by atoms with E-state index in [-0.39, 0.29) is 32.9 Å². The maximum atomic E-state index is 13.4. The van der Waals surface area contributed by atoms with Gasteiger partial charge in [-0.15, -0.1) is 0 Å². The molecule has 1 amide bonds. The van der Waals surface area contributed by atoms with Gasteiger partial charge in [0.2, 0.25) is 26.0 Å². The number of primary sulfonamides is 1. The molecule has 3 N–H and O–H groups in total. The van der Waals surface area contributed by atoms with Crippen molar-refractivity contribution in [3.63, 3.8) is 0 Å². The Morgan fingerprint density at radius 2 is 1.37 bits per heavy atom. The standard InChI is InChI=1S/C22H20Cl3N3O5S2/c23-16-6-10-18(11-7-16)35(32,33)28(13-19-20(24)2-1-3-21(19)25)14-22(29)27-12-15-4-8-17(9-5-15)34(26,30)31/h1-11H,12-14H2,(H,27,29)(H2,26,30,31). The zero-order chi connectivity index (χ0) is 25.8. The number of amides is 1. The van der Waals surface area contributed by atoms with Crippen molar-refractivity contribution in [2.24, 2.45) is 5.14 Å². The predicted molar refractivity (Wildman–Crippen MR) is 135 cm³/mol. The van der Waals surface area contributed by atoms with Crippen LogP contribution in [0.15, 0.2) is 76.5 Å². The van der Waals surface area contributed by atoms with Crippen LogP contribution in [0.5, 0.6) is 0 Å². The minimum Gasteiger partial charge on any atom is -0.351 e. The third kappa shape index (κ3) is 7.17. The van der Waals surface area contributed by atoms with E-state index in [1.807, 2.05) is 0 Å². The topological polar surface area (TPSA) is 127 Å². The van der Waals surface area contributed by atoms with Gasteiger partial charge >= 0.3 is 0 Å². The van der Waals surface area contributed by atoms with Gasteiger partial charge in [0.05, 0.1) is 16.3 Å². The van der Waals surface area contributed by atoms with Crippen LogP contribution in [0.25, 0.3) is 0 Å². The molecule has 35 heavy (non-hydrogen) atoms. The van der Waals surface area contributed by atoms with E-state index in [9.17, 15) is 21.6 Å². The molecule has 0 saturated heterocycles. The summed E-state index contributed by atoms with van der Waals surface area (Å²) in [6, 6.07) is 15.9. The lowest BCUT2D eigenvalue weighted by atomic mass is 10.2. The van der Waals surface area contributed by atoms with Crippen LogP contribution >= 0.6 is 34.8 Å². The van der Waals surface area contributed by atoms with Crippen molar-refractivity contribution < 1.29 is 21.6 Å². The van der Waals surface area contributed by atoms with Crippen LogP contribution < -0.4 is 10.5 Å². The summed E-state index contributed by atoms with van der Waals surface area (Å²) < 4.78 is 50.4. The predicted octanol–water partition coefficient (Wildman–Crippen LogP) is 3.80. The van der Waals surface area contributed by atoms with Crippen LogP contribution in [0.2, 0.25) is 15.1 Å². The van der Waals surface area contributed by atoms with E-state index >= 15 is 0 Å². The number of benzene rings is 3. The summed E-state index contributed by atoms with van der Waals surface area (Å²) in [7, 11) is -7.97. The lowest BCUT2D eigenvalue weighted by molar-refractivity contribution is -0.121. The smallest absolute Gasteiger partial charge is 0.243 e. The second-order valence-electron chi connectivity index (χ2n) is 7.39. The number of nitrogens with zero attached hydrogens (tertiary/aromatic N) is 1. The highest BCUT2D eigenvalue weighted by Crippen LogP contribution is 2.28. The monoisotopic (exact) mass is 575 g/mol. The van der Waals surface area contributed by atoms with Crippen molar-refractivity contribution >= 4 is 60.8 Å². The minimum atomic E-state index is -4.13. The second kappa shape index (κ2) is 11.3. The third-order valence-corrected chi connectivity index (χ3v) is 8.60. The number of hydrogen-bond acceptors (Lipinski definition) is 5. The number of halogens is 3. The fourth-order valence-corrected chi connectivity index (χ4v) is 5.58. The molecule has 0 bridgehead atoms. The quantitative estimate of drug-likeness (QED) is 0.401. The number of carbonyl (C=O) groups is 1. The van der Waals surface area contributed by atoms with Gasteiger partial charge in [-0.3, -0.25) is 4.79 Å². The van der Waals surface area contributed by atoms with E-state index in [2.05, 4.69) is 5.32 Å². The molecule has 0 radical (unpaired) electrons. The SMILES string of the molecule is NS(=O)(=O)c1ccc(CNC(=O)CN(Cc2c(Cl)cccc2Cl)S(=O)(=O)c2ccc(Cl)cc2)cc1. The highest BCUT2D eigenvalue weighted by Gasteiger charge is 2.28. The zero-order valence-corrected chi connectivity index (χ0v) is 21.9. The maximum absolute atomic E-state index is 13.4. The number of rotatable bonds is 9. The van der Waals surface area contributed by atoms with E-state index in [0.29, 0.717) is 16.1 Å². The first-order chi connectivity index (χ1) is 16.4. The van der Waals surface area contributed by atoms with Crippen molar-refractivity contribution in [1.29, 1.82) is 0 Å². The summed E-state index contributed by atoms with van der Waals surface area (Å²) in [5.74, 6) is -0.596. The molecule has 0 atom stereocenters. The summed E-state index contributed by atoms with van der Waals surface area (Å²) in [6.45, 7) is -0.743. The lowest BCUT2D eigenvalue weighted by Crippen LogP contribution is -2.40. The normalized spacial score (nSPS) is 12.0. The van der Waals surface area contributed by atoms with Crippen molar-refractivity contribution in [3.05, 3.63) is 92.9 Å². The molecule has 0 unspecified atom stereocenters. The first-order valence-corrected chi connectivity index (χ1v) is 14.1. The molecular formula is C22H20Cl3N3O5S2. The largest absolute Gasteiger partial charge is 0.351 e. The van der Waals surface area contributed by atoms with Gasteiger partial charge in [-0.2, -0.15) is 4.31 Å². The van der Waals surface area contributed by atoms with Gasteiger partial charge in [0.25, 0.3) is 0 Å². The van der Waals surface area contributed by atoms with Crippen LogP contribution in [0.3, 0.4) is 0 Å². The molecule has 0 spiro atoms. The number of hydrogen-bond donors (Lipinski definition) is 2. The number of sulfonamides is 2. The molecule has 0 fully saturated rings. The Labute approximate surface area is 218 Å². The lowest BCUT2D eigenvalue weighted by Gasteiger charge is -2.23. The van der Waals surface area contributed by atoms with E-state index < -0.39 is 32.5 Å². The van der Waals surface area contributed by atoms with Gasteiger partial charge in [-0.1, -0.05) is 53.0 Å². The molecule has 0 aliphatic heterocycles. The second-order valence-corrected chi connectivity index (χ2v) is 12.1. The Kier molecular flexibility index (Phi) is 8.81. The number of carbonyl (C=O) groups excluding carboxylic acids is 1. The van der Waals surface area contributed by atoms with E-state index in [1.54, 1.807) is 18.2 Å². The van der Waals surface area contributed by atoms with Gasteiger partial charge in [0.15, 0.2) is 0 Å². The molecule has 13 heteroatoms. The Balaban J connectivity index is 1.82. The molecule has 3 aromatic carbocycles. The van der Waals surface area contributed by atoms with Crippen molar-refractivity contribution in [2.75, 3.05) is 6.54 Å². The molecule has 3 aromatic rings. The summed E-state index contributed by atoms with van der Waals surface area (Å²) >= 11 is 18.4. The van der Waals surface area contributed by atoms with E-state index in [4.69, 9.17) is 39.9 Å². The summed E-state index contributed by atoms with van der Waals surface area (Å²) in [6.07, 6.45) is 0. The Morgan fingerprint density at radius 3 is 1.91 bits per heavy atom. The Bertz CT molecular complexity index is 1410. The minimum absolute atomic E-state index is 0.0331. The zero-order valence-electron chi connectivity index (χ0n) is 18.0. The molecule has 0 aliphatic rings. The molecule has 3 rings (SSSR count). The first kappa shape index (κ1) is 27.4. The average Bonchev–Trinajstić information content (AvgIpc) is 2.79. The summed E-state index contributed by atoms with van der Waals surface area (Å²) in [5, 5.41) is 8.57. The third-order valence-electron chi connectivity index (χ3n) is 4.91. The number of nitrogens with one attached hydrogen (secondary N) is 1. The Morgan fingerprint density at radius 1 is 0.829 bits per heavy atom. The molecule has 0 heterocycles. The first-order valence-electron chi connectivity index (χ1n) is 9.95. The molecule has 0 saturated carbocycles. The highest BCUT2D eigenvalue weighted by molar-refractivity contribution is 7.89. The van der Waals surface area contributed by atoms with E-state index in [1.165, 1.54) is 48.5 Å². The van der Waals surface area contributed by atoms with Crippen LogP contribution in [0.1, 0.15) is 11.1 Å². The van der Waals surface area contributed by atoms with Gasteiger partial charge < -0.3 is 5.32 Å². The fourth-order valence-electron chi connectivity index (χ4n) is 3.05. The van der Waals surface area contributed by atoms with Gasteiger partial charge in [-0.25, -0.2) is 22.0 Å². The van der Waals surface area contributed by atoms with Gasteiger partial charge in [0.1, 0.15) is 0 Å². The van der Waals surface area contributed by atoms with Crippen molar-refractivity contribution in [3.8, 4) is 0 Å². The van der Waals surface area contributed by atoms with Gasteiger partial charge in [0, 0.05) is 33.7 Å². The van der Waals surface area contributed by atoms with Crippen LogP contribution in [-0.4, -0.2) is 33.6 Å². The molecule has 8 nitrogen and oxygen atoms in total. The molecule has 0 aromatic heterocycles. The molecule has 0 aliphatic carbocycles. The van der Waals surface area contributed by atoms with Crippen LogP contribution in [0, 0.1) is 0 Å². The molecular weight excluding hydrogens is 557 g/mol. The van der Waals surface area contributed by atoms with Crippen molar-refractivity contribution in [1.82, 2.24) is 9.62 Å². The average molecular weight is 577 g/mol. The van der Waals surface area contributed by atoms with Crippen molar-refractivity contribution in [2.45, 2.75) is 22.9 Å². The summed E-state index contributed by atoms with van der Waals surface area (Å²) in [5.41, 5.74) is 0.937. The van der Waals surface area contributed by atoms with Gasteiger partial charge in [-0.05, 0) is 54.1 Å². The van der Waals surface area contributed by atoms with Crippen LogP contribution in [0.4, 0.5) is 0 Å². The van der Waals surface area contributed by atoms with Crippen LogP contribution in [-0.2, 0) is 37.9 Å².